The van der Waals surface area contributed by atoms with Crippen molar-refractivity contribution in [3.05, 3.63) is 59.6 Å². The molecule has 1 aliphatic rings. The zero-order valence-electron chi connectivity index (χ0n) is 14.6. The molecule has 2 heterocycles. The zero-order chi connectivity index (χ0) is 19.9. The monoisotopic (exact) mass is 393 g/mol. The number of amides is 1. The average Bonchev–Trinajstić information content (AvgIpc) is 3.15. The van der Waals surface area contributed by atoms with Crippen LogP contribution in [0.25, 0.3) is 22.1 Å². The number of carbonyl (C=O) groups excluding carboxylic acids is 1. The molecule has 0 atom stereocenters. The first-order valence-electron chi connectivity index (χ1n) is 8.60. The highest BCUT2D eigenvalue weighted by atomic mass is 19.4. The van der Waals surface area contributed by atoms with E-state index >= 15 is 0 Å². The Hall–Kier alpha value is -2.87. The van der Waals surface area contributed by atoms with E-state index in [2.05, 4.69) is 0 Å². The summed E-state index contributed by atoms with van der Waals surface area (Å²) in [7, 11) is 0. The van der Waals surface area contributed by atoms with Gasteiger partial charge in [0.2, 0.25) is 0 Å². The van der Waals surface area contributed by atoms with Crippen LogP contribution in [-0.4, -0.2) is 37.1 Å². The van der Waals surface area contributed by atoms with Crippen LogP contribution in [0, 0.1) is 5.82 Å². The quantitative estimate of drug-likeness (QED) is 0.591. The molecule has 0 saturated carbocycles. The number of hydrogen-bond donors (Lipinski definition) is 0. The van der Waals surface area contributed by atoms with Crippen LogP contribution < -0.4 is 0 Å². The predicted molar refractivity (Wildman–Crippen MR) is 93.3 cm³/mol. The van der Waals surface area contributed by atoms with Crippen LogP contribution in [0.5, 0.6) is 0 Å². The number of furan rings is 1. The Balaban J connectivity index is 1.79. The van der Waals surface area contributed by atoms with E-state index in [4.69, 9.17) is 9.15 Å². The van der Waals surface area contributed by atoms with Gasteiger partial charge in [-0.2, -0.15) is 13.2 Å². The summed E-state index contributed by atoms with van der Waals surface area (Å²) < 4.78 is 64.7. The highest BCUT2D eigenvalue weighted by Crippen LogP contribution is 2.38. The fraction of sp³-hybridized carbons (Fsp3) is 0.250. The van der Waals surface area contributed by atoms with Crippen molar-refractivity contribution < 1.29 is 31.5 Å². The molecular weight excluding hydrogens is 378 g/mol. The minimum atomic E-state index is -4.61. The van der Waals surface area contributed by atoms with Crippen molar-refractivity contribution in [1.82, 2.24) is 4.90 Å². The van der Waals surface area contributed by atoms with Gasteiger partial charge >= 0.3 is 6.18 Å². The smallest absolute Gasteiger partial charge is 0.420 e. The number of benzene rings is 2. The van der Waals surface area contributed by atoms with Crippen LogP contribution in [0.15, 0.2) is 47.1 Å². The topological polar surface area (TPSA) is 42.7 Å². The molecular formula is C20H15F4NO3. The van der Waals surface area contributed by atoms with Gasteiger partial charge in [-0.3, -0.25) is 4.79 Å². The molecule has 4 nitrogen and oxygen atoms in total. The third-order valence-electron chi connectivity index (χ3n) is 4.68. The minimum absolute atomic E-state index is 0.180. The third kappa shape index (κ3) is 3.35. The lowest BCUT2D eigenvalue weighted by atomic mass is 9.98. The maximum absolute atomic E-state index is 14.3. The summed E-state index contributed by atoms with van der Waals surface area (Å²) in [5.41, 5.74) is -0.831. The zero-order valence-corrected chi connectivity index (χ0v) is 14.6. The fourth-order valence-electron chi connectivity index (χ4n) is 3.26. The van der Waals surface area contributed by atoms with E-state index in [0.717, 1.165) is 12.1 Å². The molecule has 0 bridgehead atoms. The largest absolute Gasteiger partial charge is 0.464 e. The van der Waals surface area contributed by atoms with Crippen LogP contribution >= 0.6 is 0 Å². The Morgan fingerprint density at radius 2 is 1.75 bits per heavy atom. The third-order valence-corrected chi connectivity index (χ3v) is 4.68. The van der Waals surface area contributed by atoms with E-state index in [0.29, 0.717) is 31.9 Å². The summed E-state index contributed by atoms with van der Waals surface area (Å²) in [4.78, 5) is 14.1. The number of halogens is 4. The highest BCUT2D eigenvalue weighted by Gasteiger charge is 2.35. The first kappa shape index (κ1) is 18.5. The number of rotatable bonds is 2. The lowest BCUT2D eigenvalue weighted by molar-refractivity contribution is -0.136. The van der Waals surface area contributed by atoms with Gasteiger partial charge in [0.1, 0.15) is 11.4 Å². The Labute approximate surface area is 157 Å². The number of fused-ring (bicyclic) bond motifs is 1. The van der Waals surface area contributed by atoms with E-state index in [9.17, 15) is 22.4 Å². The number of ether oxygens (including phenoxy) is 1. The standard InChI is InChI=1S/C20H15F4NO3/c21-17-2-1-12(10-15(17)19(26)25-4-7-27-8-5-25)14-9-13-3-6-28-18(13)16(11-14)20(22,23)24/h1-3,6,9-11H,4-5,7-8H2. The maximum Gasteiger partial charge on any atom is 0.420 e. The van der Waals surface area contributed by atoms with Crippen molar-refractivity contribution >= 4 is 16.9 Å². The summed E-state index contributed by atoms with van der Waals surface area (Å²) in [6, 6.07) is 7.63. The summed E-state index contributed by atoms with van der Waals surface area (Å²) in [5, 5.41) is 0.273. The predicted octanol–water partition coefficient (Wildman–Crippen LogP) is 4.73. The summed E-state index contributed by atoms with van der Waals surface area (Å²) in [6.07, 6.45) is -3.43. The molecule has 1 saturated heterocycles. The average molecular weight is 393 g/mol. The molecule has 1 amide bonds. The van der Waals surface area contributed by atoms with Crippen LogP contribution in [0.4, 0.5) is 17.6 Å². The number of alkyl halides is 3. The molecule has 1 aliphatic heterocycles. The molecule has 8 heteroatoms. The first-order valence-corrected chi connectivity index (χ1v) is 8.60. The molecule has 1 aromatic heterocycles. The lowest BCUT2D eigenvalue weighted by Gasteiger charge is -2.27. The van der Waals surface area contributed by atoms with E-state index in [-0.39, 0.29) is 22.1 Å². The van der Waals surface area contributed by atoms with E-state index in [1.165, 1.54) is 35.4 Å². The lowest BCUT2D eigenvalue weighted by Crippen LogP contribution is -2.41. The van der Waals surface area contributed by atoms with Crippen LogP contribution in [-0.2, 0) is 10.9 Å². The number of morpholine rings is 1. The van der Waals surface area contributed by atoms with Crippen molar-refractivity contribution in [2.75, 3.05) is 26.3 Å². The molecule has 2 aromatic carbocycles. The molecule has 0 N–H and O–H groups in total. The molecule has 1 fully saturated rings. The van der Waals surface area contributed by atoms with Crippen molar-refractivity contribution in [3.8, 4) is 11.1 Å². The van der Waals surface area contributed by atoms with Crippen molar-refractivity contribution in [1.29, 1.82) is 0 Å². The van der Waals surface area contributed by atoms with Gasteiger partial charge in [0.25, 0.3) is 5.91 Å². The summed E-state index contributed by atoms with van der Waals surface area (Å²) >= 11 is 0. The molecule has 4 rings (SSSR count). The second kappa shape index (κ2) is 6.94. The second-order valence-corrected chi connectivity index (χ2v) is 6.46. The van der Waals surface area contributed by atoms with Gasteiger partial charge in [-0.15, -0.1) is 0 Å². The molecule has 0 radical (unpaired) electrons. The van der Waals surface area contributed by atoms with Crippen molar-refractivity contribution in [2.24, 2.45) is 0 Å². The normalized spacial score (nSPS) is 15.2. The number of hydrogen-bond acceptors (Lipinski definition) is 3. The Morgan fingerprint density at radius 1 is 1.00 bits per heavy atom. The Kier molecular flexibility index (Phi) is 4.58. The van der Waals surface area contributed by atoms with Gasteiger partial charge in [-0.05, 0) is 41.5 Å². The van der Waals surface area contributed by atoms with Crippen LogP contribution in [0.1, 0.15) is 15.9 Å². The highest BCUT2D eigenvalue weighted by molar-refractivity contribution is 5.96. The van der Waals surface area contributed by atoms with Gasteiger partial charge in [-0.1, -0.05) is 6.07 Å². The van der Waals surface area contributed by atoms with Gasteiger partial charge in [-0.25, -0.2) is 4.39 Å². The second-order valence-electron chi connectivity index (χ2n) is 6.46. The van der Waals surface area contributed by atoms with E-state index in [1.54, 1.807) is 0 Å². The molecule has 28 heavy (non-hydrogen) atoms. The molecule has 0 aliphatic carbocycles. The van der Waals surface area contributed by atoms with Crippen molar-refractivity contribution in [3.63, 3.8) is 0 Å². The van der Waals surface area contributed by atoms with Gasteiger partial charge in [0.15, 0.2) is 0 Å². The molecule has 0 spiro atoms. The van der Waals surface area contributed by atoms with Crippen molar-refractivity contribution in [2.45, 2.75) is 6.18 Å². The fourth-order valence-corrected chi connectivity index (χ4v) is 3.26. The van der Waals surface area contributed by atoms with E-state index < -0.39 is 23.5 Å². The minimum Gasteiger partial charge on any atom is -0.464 e. The van der Waals surface area contributed by atoms with E-state index in [1.807, 2.05) is 0 Å². The number of nitrogens with zero attached hydrogens (tertiary/aromatic N) is 1. The van der Waals surface area contributed by atoms with Gasteiger partial charge in [0.05, 0.1) is 30.6 Å². The molecule has 3 aromatic rings. The van der Waals surface area contributed by atoms with Gasteiger partial charge in [0, 0.05) is 18.5 Å². The molecule has 146 valence electrons. The van der Waals surface area contributed by atoms with Gasteiger partial charge < -0.3 is 14.1 Å². The Morgan fingerprint density at radius 3 is 2.46 bits per heavy atom. The number of carbonyl (C=O) groups is 1. The summed E-state index contributed by atoms with van der Waals surface area (Å²) in [6.45, 7) is 1.39. The first-order chi connectivity index (χ1) is 13.3. The Bertz CT molecular complexity index is 1040. The molecule has 0 unspecified atom stereocenters. The maximum atomic E-state index is 14.3. The summed E-state index contributed by atoms with van der Waals surface area (Å²) in [5.74, 6) is -1.23. The SMILES string of the molecule is O=C(c1cc(-c2cc(C(F)(F)F)c3occc3c2)ccc1F)N1CCOCC1. The van der Waals surface area contributed by atoms with Crippen LogP contribution in [0.3, 0.4) is 0 Å². The van der Waals surface area contributed by atoms with Crippen LogP contribution in [0.2, 0.25) is 0 Å².